The summed E-state index contributed by atoms with van der Waals surface area (Å²) in [6.07, 6.45) is -0.248. The van der Waals surface area contributed by atoms with Gasteiger partial charge in [0.1, 0.15) is 6.04 Å². The molecule has 0 bridgehead atoms. The van der Waals surface area contributed by atoms with Crippen LogP contribution in [0.5, 0.6) is 0 Å². The second-order valence-electron chi connectivity index (χ2n) is 8.94. The Morgan fingerprint density at radius 1 is 1.18 bits per heavy atom. The van der Waals surface area contributed by atoms with Crippen molar-refractivity contribution >= 4 is 62.6 Å². The molecule has 33 heavy (non-hydrogen) atoms. The molecule has 1 fully saturated rings. The lowest BCUT2D eigenvalue weighted by Gasteiger charge is -2.35. The smallest absolute Gasteiger partial charge is 0.407 e. The van der Waals surface area contributed by atoms with Crippen molar-refractivity contribution in [3.8, 4) is 0 Å². The van der Waals surface area contributed by atoms with Crippen LogP contribution in [0.2, 0.25) is 0 Å². The minimum atomic E-state index is -3.43. The molecule has 0 aliphatic carbocycles. The standard InChI is InChI=1S/C17H32Cl2N3O8PS2/c1-11(2)10-30-16(24)21-13(9-17(3,4)15(32(26)27)33(28)29)14(23)20-12-5-7-22(8-6-12)31(18,19)25/h11-13,15H,5-10H2,1-4H3,(H,20,23)(H,21,24)(H,26,27)(H,28,29). The molecule has 1 rings (SSSR count). The van der Waals surface area contributed by atoms with E-state index in [1.165, 1.54) is 18.5 Å². The number of hydrogen-bond acceptors (Lipinski definition) is 6. The number of hydrogen-bond donors (Lipinski definition) is 4. The molecule has 16 heteroatoms. The van der Waals surface area contributed by atoms with Gasteiger partial charge in [0.05, 0.1) is 6.61 Å². The molecular weight excluding hydrogens is 540 g/mol. The predicted molar refractivity (Wildman–Crippen MR) is 129 cm³/mol. The molecule has 1 heterocycles. The van der Waals surface area contributed by atoms with Gasteiger partial charge in [0.2, 0.25) is 5.91 Å². The fourth-order valence-electron chi connectivity index (χ4n) is 3.42. The summed E-state index contributed by atoms with van der Waals surface area (Å²) in [5.41, 5.74) is -1.29. The van der Waals surface area contributed by atoms with Crippen LogP contribution >= 0.6 is 28.5 Å². The lowest BCUT2D eigenvalue weighted by molar-refractivity contribution is -0.124. The summed E-state index contributed by atoms with van der Waals surface area (Å²) < 4.78 is 59.1. The summed E-state index contributed by atoms with van der Waals surface area (Å²) in [5, 5.41) is 5.24. The fourth-order valence-corrected chi connectivity index (χ4v) is 6.87. The van der Waals surface area contributed by atoms with E-state index in [2.05, 4.69) is 10.6 Å². The largest absolute Gasteiger partial charge is 0.449 e. The van der Waals surface area contributed by atoms with Gasteiger partial charge < -0.3 is 24.5 Å². The third kappa shape index (κ3) is 10.5. The normalized spacial score (nSPS) is 20.0. The molecule has 1 aliphatic rings. The first-order valence-corrected chi connectivity index (χ1v) is 16.0. The Morgan fingerprint density at radius 2 is 1.70 bits per heavy atom. The van der Waals surface area contributed by atoms with Crippen molar-refractivity contribution in [1.29, 1.82) is 0 Å². The Hall–Kier alpha value is -0.270. The first-order chi connectivity index (χ1) is 15.0. The van der Waals surface area contributed by atoms with Crippen LogP contribution in [0.1, 0.15) is 47.0 Å². The van der Waals surface area contributed by atoms with E-state index in [9.17, 15) is 31.7 Å². The third-order valence-electron chi connectivity index (χ3n) is 5.04. The summed E-state index contributed by atoms with van der Waals surface area (Å²) in [6.45, 7) is 7.30. The number of amides is 2. The lowest BCUT2D eigenvalue weighted by Crippen LogP contribution is -2.54. The monoisotopic (exact) mass is 571 g/mol. The van der Waals surface area contributed by atoms with Gasteiger partial charge in [-0.3, -0.25) is 9.36 Å². The number of nitrogens with one attached hydrogen (secondary N) is 2. The zero-order valence-corrected chi connectivity index (χ0v) is 22.9. The first kappa shape index (κ1) is 30.8. The number of ether oxygens (including phenoxy) is 1. The van der Waals surface area contributed by atoms with Crippen molar-refractivity contribution in [3.05, 3.63) is 0 Å². The van der Waals surface area contributed by atoms with Gasteiger partial charge in [0.15, 0.2) is 26.7 Å². The van der Waals surface area contributed by atoms with Crippen LogP contribution in [0.3, 0.4) is 0 Å². The fraction of sp³-hybridized carbons (Fsp3) is 0.882. The lowest BCUT2D eigenvalue weighted by atomic mass is 9.87. The highest BCUT2D eigenvalue weighted by Gasteiger charge is 2.42. The van der Waals surface area contributed by atoms with E-state index in [4.69, 9.17) is 27.2 Å². The molecule has 1 saturated heterocycles. The molecule has 0 radical (unpaired) electrons. The zero-order valence-electron chi connectivity index (χ0n) is 18.9. The van der Waals surface area contributed by atoms with Gasteiger partial charge in [-0.15, -0.1) is 0 Å². The average molecular weight is 572 g/mol. The van der Waals surface area contributed by atoms with E-state index < -0.39 is 56.2 Å². The van der Waals surface area contributed by atoms with Gasteiger partial charge in [-0.1, -0.05) is 27.7 Å². The molecule has 3 atom stereocenters. The molecule has 194 valence electrons. The van der Waals surface area contributed by atoms with Gasteiger partial charge in [-0.2, -0.15) is 0 Å². The summed E-state index contributed by atoms with van der Waals surface area (Å²) in [4.78, 5) is 25.3. The summed E-state index contributed by atoms with van der Waals surface area (Å²) >= 11 is 6.06. The van der Waals surface area contributed by atoms with Crippen LogP contribution in [0.15, 0.2) is 0 Å². The maximum Gasteiger partial charge on any atom is 0.407 e. The van der Waals surface area contributed by atoms with Gasteiger partial charge in [0, 0.05) is 19.1 Å². The quantitative estimate of drug-likeness (QED) is 0.215. The van der Waals surface area contributed by atoms with Crippen molar-refractivity contribution in [1.82, 2.24) is 15.3 Å². The van der Waals surface area contributed by atoms with E-state index in [0.717, 1.165) is 0 Å². The van der Waals surface area contributed by atoms with Gasteiger partial charge in [0.25, 0.3) is 0 Å². The second kappa shape index (κ2) is 13.2. The van der Waals surface area contributed by atoms with Crippen molar-refractivity contribution in [2.45, 2.75) is 63.6 Å². The number of alkyl carbamates (subject to hydrolysis) is 1. The van der Waals surface area contributed by atoms with Crippen LogP contribution in [0.25, 0.3) is 0 Å². The first-order valence-electron chi connectivity index (χ1n) is 10.2. The van der Waals surface area contributed by atoms with Crippen molar-refractivity contribution in [2.75, 3.05) is 19.7 Å². The van der Waals surface area contributed by atoms with Crippen LogP contribution in [-0.2, 0) is 36.3 Å². The Kier molecular flexibility index (Phi) is 12.3. The Labute approximate surface area is 208 Å². The molecule has 0 aromatic rings. The Morgan fingerprint density at radius 3 is 2.12 bits per heavy atom. The molecule has 4 N–H and O–H groups in total. The highest BCUT2D eigenvalue weighted by molar-refractivity contribution is 8.06. The van der Waals surface area contributed by atoms with Gasteiger partial charge in [-0.25, -0.2) is 17.9 Å². The van der Waals surface area contributed by atoms with E-state index >= 15 is 0 Å². The molecule has 0 spiro atoms. The average Bonchev–Trinajstić information content (AvgIpc) is 2.64. The van der Waals surface area contributed by atoms with E-state index in [1.54, 1.807) is 0 Å². The van der Waals surface area contributed by atoms with Crippen LogP contribution in [0.4, 0.5) is 4.79 Å². The maximum absolute atomic E-state index is 13.0. The third-order valence-corrected chi connectivity index (χ3v) is 10.4. The SMILES string of the molecule is CC(C)COC(=O)NC(CC(C)(C)C(S(=O)O)S(=O)O)C(=O)NC1CCN(P(=O)(Cl)Cl)CC1. The topological polar surface area (TPSA) is 162 Å². The number of halogens is 2. The number of nitrogens with zero attached hydrogens (tertiary/aromatic N) is 1. The Bertz CT molecular complexity index is 776. The van der Waals surface area contributed by atoms with Crippen molar-refractivity contribution in [2.24, 2.45) is 11.3 Å². The predicted octanol–water partition coefficient (Wildman–Crippen LogP) is 3.09. The van der Waals surface area contributed by atoms with Crippen molar-refractivity contribution < 1.29 is 36.4 Å². The van der Waals surface area contributed by atoms with E-state index in [0.29, 0.717) is 25.9 Å². The van der Waals surface area contributed by atoms with E-state index in [1.807, 2.05) is 13.8 Å². The molecular formula is C17H32Cl2N3O8PS2. The summed E-state index contributed by atoms with van der Waals surface area (Å²) in [5.74, 6) is -3.96. The highest BCUT2D eigenvalue weighted by Crippen LogP contribution is 2.60. The molecule has 1 aliphatic heterocycles. The van der Waals surface area contributed by atoms with Gasteiger partial charge in [-0.05, 0) is 53.1 Å². The number of rotatable bonds is 11. The second-order valence-corrected chi connectivity index (χ2v) is 16.0. The van der Waals surface area contributed by atoms with Gasteiger partial charge >= 0.3 is 12.1 Å². The maximum atomic E-state index is 13.0. The molecule has 0 saturated carbocycles. The molecule has 0 aromatic carbocycles. The molecule has 0 aromatic heterocycles. The minimum Gasteiger partial charge on any atom is -0.449 e. The summed E-state index contributed by atoms with van der Waals surface area (Å²) in [7, 11) is 0. The zero-order chi connectivity index (χ0) is 25.6. The van der Waals surface area contributed by atoms with Crippen LogP contribution in [-0.4, -0.2) is 70.6 Å². The van der Waals surface area contributed by atoms with E-state index in [-0.39, 0.29) is 25.0 Å². The number of carbonyl (C=O) groups excluding carboxylic acids is 2. The van der Waals surface area contributed by atoms with Crippen LogP contribution in [0, 0.1) is 11.3 Å². The highest BCUT2D eigenvalue weighted by atomic mass is 35.9. The minimum absolute atomic E-state index is 0.0579. The number of piperidine rings is 1. The Balaban J connectivity index is 2.96. The molecule has 2 amide bonds. The number of carbonyl (C=O) groups is 2. The summed E-state index contributed by atoms with van der Waals surface area (Å²) in [6, 6.07) is -1.53. The molecule has 11 nitrogen and oxygen atoms in total. The molecule has 3 unspecified atom stereocenters. The van der Waals surface area contributed by atoms with Crippen molar-refractivity contribution in [3.63, 3.8) is 0 Å². The van der Waals surface area contributed by atoms with Crippen LogP contribution < -0.4 is 10.6 Å².